The van der Waals surface area contributed by atoms with Crippen LogP contribution in [0.25, 0.3) is 0 Å². The van der Waals surface area contributed by atoms with Crippen LogP contribution in [-0.4, -0.2) is 13.1 Å². The number of rotatable bonds is 15. The van der Waals surface area contributed by atoms with Gasteiger partial charge in [0.1, 0.15) is 0 Å². The van der Waals surface area contributed by atoms with E-state index < -0.39 is 0 Å². The molecule has 1 nitrogen and oxygen atoms in total. The summed E-state index contributed by atoms with van der Waals surface area (Å²) in [6.07, 6.45) is 16.6. The Kier molecular flexibility index (Phi) is 12.6. The molecule has 0 atom stereocenters. The van der Waals surface area contributed by atoms with E-state index in [2.05, 4.69) is 49.9 Å². The van der Waals surface area contributed by atoms with Gasteiger partial charge in [0, 0.05) is 18.8 Å². The molecule has 0 unspecified atom stereocenters. The third kappa shape index (κ3) is 9.35. The minimum absolute atomic E-state index is 1.23. The summed E-state index contributed by atoms with van der Waals surface area (Å²) in [5.41, 5.74) is 2.88. The number of benzene rings is 1. The van der Waals surface area contributed by atoms with Gasteiger partial charge in [0.15, 0.2) is 0 Å². The van der Waals surface area contributed by atoms with Crippen LogP contribution in [0.1, 0.15) is 96.5 Å². The predicted molar refractivity (Wildman–Crippen MR) is 110 cm³/mol. The van der Waals surface area contributed by atoms with Gasteiger partial charge in [-0.3, -0.25) is 0 Å². The van der Waals surface area contributed by atoms with Crippen molar-refractivity contribution in [1.82, 2.24) is 0 Å². The van der Waals surface area contributed by atoms with Gasteiger partial charge in [-0.15, -0.1) is 0 Å². The number of hydrogen-bond donors (Lipinski definition) is 0. The maximum atomic E-state index is 2.65. The highest BCUT2D eigenvalue weighted by Gasteiger charge is 2.08. The monoisotopic (exact) mass is 331 g/mol. The second kappa shape index (κ2) is 14.4. The molecular weight excluding hydrogens is 290 g/mol. The molecule has 0 amide bonds. The Labute approximate surface area is 151 Å². The van der Waals surface area contributed by atoms with Crippen LogP contribution in [0.5, 0.6) is 0 Å². The molecule has 24 heavy (non-hydrogen) atoms. The van der Waals surface area contributed by atoms with E-state index in [-0.39, 0.29) is 0 Å². The maximum Gasteiger partial charge on any atom is 0.0395 e. The zero-order valence-corrected chi connectivity index (χ0v) is 16.7. The van der Waals surface area contributed by atoms with Crippen LogP contribution in [0.4, 0.5) is 5.69 Å². The minimum atomic E-state index is 1.23. The molecule has 1 aromatic rings. The summed E-state index contributed by atoms with van der Waals surface area (Å²) in [5.74, 6) is 0. The highest BCUT2D eigenvalue weighted by molar-refractivity contribution is 5.52. The van der Waals surface area contributed by atoms with Crippen molar-refractivity contribution in [2.75, 3.05) is 18.0 Å². The van der Waals surface area contributed by atoms with Crippen LogP contribution in [-0.2, 0) is 0 Å². The molecule has 0 bridgehead atoms. The molecule has 0 aliphatic rings. The fourth-order valence-electron chi connectivity index (χ4n) is 3.44. The predicted octanol–water partition coefficient (Wildman–Crippen LogP) is 7.52. The van der Waals surface area contributed by atoms with E-state index in [1.54, 1.807) is 0 Å². The topological polar surface area (TPSA) is 3.24 Å². The molecule has 0 N–H and O–H groups in total. The lowest BCUT2D eigenvalue weighted by Gasteiger charge is -2.26. The largest absolute Gasteiger partial charge is 0.371 e. The zero-order chi connectivity index (χ0) is 17.5. The summed E-state index contributed by atoms with van der Waals surface area (Å²) in [4.78, 5) is 2.65. The standard InChI is InChI=1S/C23H41N/c1-4-6-8-10-11-13-17-21-24(20-16-12-9-7-5-2)23-19-15-14-18-22(23)3/h14-15,18-19H,4-13,16-17,20-21H2,1-3H3. The number of nitrogens with zero attached hydrogens (tertiary/aromatic N) is 1. The molecule has 0 spiro atoms. The normalized spacial score (nSPS) is 11.0. The lowest BCUT2D eigenvalue weighted by atomic mass is 10.1. The molecule has 0 aromatic heterocycles. The van der Waals surface area contributed by atoms with Crippen molar-refractivity contribution in [1.29, 1.82) is 0 Å². The van der Waals surface area contributed by atoms with Crippen LogP contribution >= 0.6 is 0 Å². The van der Waals surface area contributed by atoms with Gasteiger partial charge in [0.05, 0.1) is 0 Å². The van der Waals surface area contributed by atoms with Crippen molar-refractivity contribution in [2.45, 2.75) is 97.8 Å². The van der Waals surface area contributed by atoms with E-state index in [9.17, 15) is 0 Å². The number of hydrogen-bond acceptors (Lipinski definition) is 1. The fourth-order valence-corrected chi connectivity index (χ4v) is 3.44. The SMILES string of the molecule is CCCCCCCCCN(CCCCCCC)c1ccccc1C. The van der Waals surface area contributed by atoms with E-state index in [0.717, 1.165) is 0 Å². The number of unbranched alkanes of at least 4 members (excludes halogenated alkanes) is 10. The average molecular weight is 332 g/mol. The van der Waals surface area contributed by atoms with Crippen molar-refractivity contribution in [2.24, 2.45) is 0 Å². The first-order chi connectivity index (χ1) is 11.8. The zero-order valence-electron chi connectivity index (χ0n) is 16.7. The first-order valence-corrected chi connectivity index (χ1v) is 10.6. The summed E-state index contributed by atoms with van der Waals surface area (Å²) in [5, 5.41) is 0. The van der Waals surface area contributed by atoms with Gasteiger partial charge >= 0.3 is 0 Å². The van der Waals surface area contributed by atoms with E-state index >= 15 is 0 Å². The van der Waals surface area contributed by atoms with Gasteiger partial charge < -0.3 is 4.90 Å². The van der Waals surface area contributed by atoms with Crippen LogP contribution in [0, 0.1) is 6.92 Å². The first-order valence-electron chi connectivity index (χ1n) is 10.6. The quantitative estimate of drug-likeness (QED) is 0.300. The lowest BCUT2D eigenvalue weighted by molar-refractivity contribution is 0.571. The van der Waals surface area contributed by atoms with Crippen molar-refractivity contribution in [3.63, 3.8) is 0 Å². The minimum Gasteiger partial charge on any atom is -0.371 e. The Bertz CT molecular complexity index is 399. The van der Waals surface area contributed by atoms with Crippen molar-refractivity contribution in [3.05, 3.63) is 29.8 Å². The summed E-state index contributed by atoms with van der Waals surface area (Å²) < 4.78 is 0. The Morgan fingerprint density at radius 2 is 1.08 bits per heavy atom. The molecule has 0 heterocycles. The fraction of sp³-hybridized carbons (Fsp3) is 0.739. The number of aryl methyl sites for hydroxylation is 1. The molecule has 1 aromatic carbocycles. The highest BCUT2D eigenvalue weighted by Crippen LogP contribution is 2.21. The van der Waals surface area contributed by atoms with E-state index in [1.165, 1.54) is 101 Å². The Balaban J connectivity index is 2.36. The second-order valence-electron chi connectivity index (χ2n) is 7.31. The summed E-state index contributed by atoms with van der Waals surface area (Å²) in [6.45, 7) is 9.29. The van der Waals surface area contributed by atoms with Gasteiger partial charge in [0.2, 0.25) is 0 Å². The van der Waals surface area contributed by atoms with Crippen molar-refractivity contribution in [3.8, 4) is 0 Å². The van der Waals surface area contributed by atoms with Gasteiger partial charge in [-0.25, -0.2) is 0 Å². The molecule has 0 saturated carbocycles. The highest BCUT2D eigenvalue weighted by atomic mass is 15.1. The van der Waals surface area contributed by atoms with Crippen LogP contribution in [0.3, 0.4) is 0 Å². The van der Waals surface area contributed by atoms with E-state index in [0.29, 0.717) is 0 Å². The molecule has 0 fully saturated rings. The third-order valence-electron chi connectivity index (χ3n) is 5.02. The molecule has 1 heteroatoms. The van der Waals surface area contributed by atoms with Crippen molar-refractivity contribution < 1.29 is 0 Å². The molecule has 0 aliphatic carbocycles. The molecule has 1 rings (SSSR count). The van der Waals surface area contributed by atoms with Crippen LogP contribution < -0.4 is 4.90 Å². The third-order valence-corrected chi connectivity index (χ3v) is 5.02. The number of anilines is 1. The van der Waals surface area contributed by atoms with E-state index in [1.807, 2.05) is 0 Å². The summed E-state index contributed by atoms with van der Waals surface area (Å²) >= 11 is 0. The van der Waals surface area contributed by atoms with Gasteiger partial charge in [-0.2, -0.15) is 0 Å². The Morgan fingerprint density at radius 3 is 1.58 bits per heavy atom. The average Bonchev–Trinajstić information content (AvgIpc) is 2.59. The van der Waals surface area contributed by atoms with Crippen molar-refractivity contribution >= 4 is 5.69 Å². The Morgan fingerprint density at radius 1 is 0.625 bits per heavy atom. The van der Waals surface area contributed by atoms with E-state index in [4.69, 9.17) is 0 Å². The summed E-state index contributed by atoms with van der Waals surface area (Å²) in [6, 6.07) is 8.91. The molecular formula is C23H41N. The molecule has 0 radical (unpaired) electrons. The van der Waals surface area contributed by atoms with Gasteiger partial charge in [-0.05, 0) is 31.4 Å². The first kappa shape index (κ1) is 21.1. The number of para-hydroxylation sites is 1. The smallest absolute Gasteiger partial charge is 0.0395 e. The second-order valence-corrected chi connectivity index (χ2v) is 7.31. The van der Waals surface area contributed by atoms with Gasteiger partial charge in [0.25, 0.3) is 0 Å². The van der Waals surface area contributed by atoms with Gasteiger partial charge in [-0.1, -0.05) is 96.3 Å². The molecule has 0 saturated heterocycles. The lowest BCUT2D eigenvalue weighted by Crippen LogP contribution is -2.26. The Hall–Kier alpha value is -0.980. The van der Waals surface area contributed by atoms with Crippen LogP contribution in [0.15, 0.2) is 24.3 Å². The molecule has 0 aliphatic heterocycles. The molecule has 138 valence electrons. The summed E-state index contributed by atoms with van der Waals surface area (Å²) in [7, 11) is 0. The maximum absolute atomic E-state index is 2.65. The van der Waals surface area contributed by atoms with Crippen LogP contribution in [0.2, 0.25) is 0 Å².